The molecule has 4 aliphatic rings. The Bertz CT molecular complexity index is 2120. The molecule has 6 N–H and O–H groups in total. The fraction of sp³-hybridized carbons (Fsp3) is 0.523. The molecule has 0 aromatic heterocycles. The standard InChI is InChI=1S/C44H58N4O12/c1-22-14-13-15-23(2)43(56)47-34-29(20-45-46-21-48-17-11-10-12-18-48)38(53)31-32(39(34)54)37(52)27(6)41-33(31)42(55)44(8,60-41)58-19-16-30(57-9)24(3)40(59-28(7)49)26(5)36(51)25(4)35(22)50/h13-16,19-22,24-26,30,35-36,40,50-54H,10-12,17-18H2,1-9H3,(H,47,56)/b14-13-,19-16?,23-15-,45-20+,46-21+. The molecule has 5 bridgehead atoms. The van der Waals surface area contributed by atoms with Crippen LogP contribution in [0.2, 0.25) is 0 Å². The zero-order valence-corrected chi connectivity index (χ0v) is 35.6. The number of ketones is 1. The number of aliphatic hydroxyl groups is 2. The number of rotatable bonds is 5. The second kappa shape index (κ2) is 18.9. The fourth-order valence-corrected chi connectivity index (χ4v) is 8.10. The number of methoxy groups -OCH3 is 1. The maximum atomic E-state index is 14.4. The lowest BCUT2D eigenvalue weighted by Crippen LogP contribution is -2.46. The summed E-state index contributed by atoms with van der Waals surface area (Å²) in [6.45, 7) is 14.1. The minimum absolute atomic E-state index is 0.0408. The van der Waals surface area contributed by atoms with Crippen molar-refractivity contribution in [3.8, 4) is 23.0 Å². The number of carbonyl (C=O) groups is 3. The summed E-state index contributed by atoms with van der Waals surface area (Å²) in [6, 6.07) is 0. The lowest BCUT2D eigenvalue weighted by atomic mass is 9.78. The Morgan fingerprint density at radius 2 is 1.62 bits per heavy atom. The van der Waals surface area contributed by atoms with E-state index in [0.29, 0.717) is 0 Å². The van der Waals surface area contributed by atoms with Gasteiger partial charge in [0.1, 0.15) is 29.7 Å². The molecule has 4 aliphatic heterocycles. The molecule has 4 heterocycles. The zero-order valence-electron chi connectivity index (χ0n) is 35.6. The Kier molecular flexibility index (Phi) is 14.3. The first-order valence-corrected chi connectivity index (χ1v) is 20.2. The van der Waals surface area contributed by atoms with Crippen LogP contribution >= 0.6 is 0 Å². The van der Waals surface area contributed by atoms with Gasteiger partial charge >= 0.3 is 11.8 Å². The molecule has 326 valence electrons. The van der Waals surface area contributed by atoms with Gasteiger partial charge in [0.25, 0.3) is 11.7 Å². The number of aromatic hydroxyl groups is 3. The summed E-state index contributed by atoms with van der Waals surface area (Å²) in [6.07, 6.45) is 9.29. The summed E-state index contributed by atoms with van der Waals surface area (Å²) < 4.78 is 23.6. The van der Waals surface area contributed by atoms with Gasteiger partial charge in [0, 0.05) is 74.2 Å². The van der Waals surface area contributed by atoms with E-state index in [-0.39, 0.29) is 44.5 Å². The quantitative estimate of drug-likeness (QED) is 0.0539. The lowest BCUT2D eigenvalue weighted by Gasteiger charge is -2.38. The van der Waals surface area contributed by atoms with Crippen molar-refractivity contribution in [2.75, 3.05) is 25.5 Å². The molecule has 1 fully saturated rings. The molecule has 6 rings (SSSR count). The summed E-state index contributed by atoms with van der Waals surface area (Å²) in [5.41, 5.74) is -0.544. The largest absolute Gasteiger partial charge is 0.507 e. The van der Waals surface area contributed by atoms with Crippen molar-refractivity contribution < 1.29 is 58.9 Å². The molecule has 60 heavy (non-hydrogen) atoms. The number of anilines is 1. The molecule has 16 heteroatoms. The predicted molar refractivity (Wildman–Crippen MR) is 225 cm³/mol. The van der Waals surface area contributed by atoms with Gasteiger partial charge in [-0.25, -0.2) is 0 Å². The zero-order chi connectivity index (χ0) is 44.2. The number of allylic oxidation sites excluding steroid dienone is 2. The summed E-state index contributed by atoms with van der Waals surface area (Å²) in [5.74, 6) is -8.56. The summed E-state index contributed by atoms with van der Waals surface area (Å²) >= 11 is 0. The number of phenols is 3. The van der Waals surface area contributed by atoms with Crippen LogP contribution in [0.25, 0.3) is 10.8 Å². The predicted octanol–water partition coefficient (Wildman–Crippen LogP) is 5.60. The smallest absolute Gasteiger partial charge is 0.312 e. The number of aliphatic hydroxyl groups excluding tert-OH is 2. The highest BCUT2D eigenvalue weighted by Crippen LogP contribution is 2.55. The Hall–Kier alpha value is -5.45. The van der Waals surface area contributed by atoms with Crippen LogP contribution in [0, 0.1) is 30.6 Å². The molecule has 9 atom stereocenters. The van der Waals surface area contributed by atoms with E-state index in [9.17, 15) is 39.9 Å². The molecule has 0 radical (unpaired) electrons. The maximum absolute atomic E-state index is 14.4. The Morgan fingerprint density at radius 3 is 2.27 bits per heavy atom. The van der Waals surface area contributed by atoms with Crippen LogP contribution in [0.4, 0.5) is 5.69 Å². The van der Waals surface area contributed by atoms with Gasteiger partial charge < -0.3 is 54.7 Å². The molecule has 1 saturated heterocycles. The van der Waals surface area contributed by atoms with Gasteiger partial charge in [-0.05, 0) is 39.2 Å². The highest BCUT2D eigenvalue weighted by atomic mass is 16.7. The minimum atomic E-state index is -2.06. The Labute approximate surface area is 349 Å². The summed E-state index contributed by atoms with van der Waals surface area (Å²) in [5, 5.41) is 68.6. The van der Waals surface area contributed by atoms with Crippen LogP contribution in [0.5, 0.6) is 23.0 Å². The number of likely N-dealkylation sites (tertiary alicyclic amines) is 1. The molecule has 0 saturated carbocycles. The van der Waals surface area contributed by atoms with E-state index >= 15 is 0 Å². The van der Waals surface area contributed by atoms with Gasteiger partial charge in [-0.2, -0.15) is 5.10 Å². The number of phenolic OH excluding ortho intramolecular Hbond substituents is 3. The third-order valence-corrected chi connectivity index (χ3v) is 11.9. The van der Waals surface area contributed by atoms with Crippen LogP contribution in [-0.2, 0) is 23.8 Å². The van der Waals surface area contributed by atoms with E-state index in [1.165, 1.54) is 53.2 Å². The van der Waals surface area contributed by atoms with Gasteiger partial charge in [0.15, 0.2) is 5.75 Å². The lowest BCUT2D eigenvalue weighted by molar-refractivity contribution is -0.160. The topological polar surface area (TPSA) is 229 Å². The van der Waals surface area contributed by atoms with E-state index in [1.807, 2.05) is 4.90 Å². The van der Waals surface area contributed by atoms with E-state index in [0.717, 1.165) is 38.6 Å². The fourth-order valence-electron chi connectivity index (χ4n) is 8.10. The number of benzene rings is 2. The summed E-state index contributed by atoms with van der Waals surface area (Å²) in [4.78, 5) is 42.4. The number of fused-ring (bicyclic) bond motifs is 14. The number of carbonyl (C=O) groups excluding carboxylic acids is 3. The minimum Gasteiger partial charge on any atom is -0.507 e. The van der Waals surface area contributed by atoms with Crippen LogP contribution in [0.3, 0.4) is 0 Å². The van der Waals surface area contributed by atoms with Crippen molar-refractivity contribution in [2.45, 2.75) is 105 Å². The van der Waals surface area contributed by atoms with Crippen molar-refractivity contribution in [3.05, 3.63) is 52.8 Å². The molecule has 1 amide bonds. The molecule has 2 aromatic rings. The molecule has 16 nitrogen and oxygen atoms in total. The van der Waals surface area contributed by atoms with E-state index in [1.54, 1.807) is 46.2 Å². The number of hydrogen-bond donors (Lipinski definition) is 6. The van der Waals surface area contributed by atoms with Crippen LogP contribution < -0.4 is 10.1 Å². The van der Waals surface area contributed by atoms with E-state index in [2.05, 4.69) is 15.5 Å². The maximum Gasteiger partial charge on any atom is 0.312 e. The second-order valence-electron chi connectivity index (χ2n) is 16.2. The third-order valence-electron chi connectivity index (χ3n) is 11.9. The number of hydrogen-bond acceptors (Lipinski definition) is 14. The molecule has 2 aromatic carbocycles. The van der Waals surface area contributed by atoms with Gasteiger partial charge in [-0.1, -0.05) is 45.9 Å². The number of nitrogens with zero attached hydrogens (tertiary/aromatic N) is 3. The molecule has 0 spiro atoms. The van der Waals surface area contributed by atoms with Crippen molar-refractivity contribution in [2.24, 2.45) is 33.9 Å². The van der Waals surface area contributed by atoms with Crippen LogP contribution in [0.1, 0.15) is 89.2 Å². The van der Waals surface area contributed by atoms with Crippen molar-refractivity contribution in [3.63, 3.8) is 0 Å². The number of piperidine rings is 1. The number of esters is 1. The summed E-state index contributed by atoms with van der Waals surface area (Å²) in [7, 11) is 1.43. The number of Topliss-reactive ketones (excluding diaryl/α,β-unsaturated/α-hetero) is 1. The van der Waals surface area contributed by atoms with Gasteiger partial charge in [-0.15, -0.1) is 5.10 Å². The number of amides is 1. The van der Waals surface area contributed by atoms with Gasteiger partial charge in [0.2, 0.25) is 0 Å². The highest BCUT2D eigenvalue weighted by Gasteiger charge is 2.50. The van der Waals surface area contributed by atoms with Gasteiger partial charge in [-0.3, -0.25) is 14.4 Å². The number of nitrogens with one attached hydrogen (secondary N) is 1. The molecular weight excluding hydrogens is 776 g/mol. The first kappa shape index (κ1) is 45.6. The SMILES string of the molecule is COC1C=COC2(C)Oc3c(C)c(O)c4c(O)c(c(/C=N/N=C/N5CCCCC5)c(O)c4c3C2=O)NC(=O)/C(C)=C\C=C/C(C)C(O)C(C)C(O)C(C)C(OC(C)=O)C1C. The van der Waals surface area contributed by atoms with E-state index in [4.69, 9.17) is 18.9 Å². The normalized spacial score (nSPS) is 31.0. The van der Waals surface area contributed by atoms with Crippen LogP contribution in [0.15, 0.2) is 46.3 Å². The third kappa shape index (κ3) is 9.15. The number of ether oxygens (including phenoxy) is 4. The van der Waals surface area contributed by atoms with Crippen molar-refractivity contribution in [1.29, 1.82) is 0 Å². The second-order valence-corrected chi connectivity index (χ2v) is 16.2. The average Bonchev–Trinajstić information content (AvgIpc) is 3.48. The Balaban J connectivity index is 1.69. The van der Waals surface area contributed by atoms with Crippen LogP contribution in [-0.4, -0.2) is 111 Å². The average molecular weight is 835 g/mol. The first-order chi connectivity index (χ1) is 28.3. The van der Waals surface area contributed by atoms with E-state index < -0.39 is 88.8 Å². The first-order valence-electron chi connectivity index (χ1n) is 20.2. The van der Waals surface area contributed by atoms with Crippen molar-refractivity contribution in [1.82, 2.24) is 4.90 Å². The Morgan fingerprint density at radius 1 is 0.933 bits per heavy atom. The van der Waals surface area contributed by atoms with Crippen molar-refractivity contribution >= 4 is 46.7 Å². The monoisotopic (exact) mass is 834 g/mol. The molecule has 0 aliphatic carbocycles. The van der Waals surface area contributed by atoms with Gasteiger partial charge in [0.05, 0.1) is 53.0 Å². The molecular formula is C44H58N4O12. The molecule has 9 unspecified atom stereocenters. The highest BCUT2D eigenvalue weighted by molar-refractivity contribution is 6.23.